The summed E-state index contributed by atoms with van der Waals surface area (Å²) in [5.74, 6) is -0.206. The fourth-order valence-electron chi connectivity index (χ4n) is 2.57. The van der Waals surface area contributed by atoms with Crippen LogP contribution in [0.5, 0.6) is 5.75 Å². The van der Waals surface area contributed by atoms with Crippen molar-refractivity contribution < 1.29 is 14.3 Å². The van der Waals surface area contributed by atoms with Gasteiger partial charge in [0.05, 0.1) is 4.47 Å². The zero-order chi connectivity index (χ0) is 21.6. The molecule has 156 valence electrons. The Morgan fingerprint density at radius 2 is 1.83 bits per heavy atom. The van der Waals surface area contributed by atoms with Gasteiger partial charge in [-0.05, 0) is 60.1 Å². The van der Waals surface area contributed by atoms with Gasteiger partial charge < -0.3 is 15.0 Å². The van der Waals surface area contributed by atoms with Crippen molar-refractivity contribution >= 4 is 62.5 Å². The summed E-state index contributed by atoms with van der Waals surface area (Å²) >= 11 is 21.8. The first kappa shape index (κ1) is 23.8. The number of carbonyl (C=O) groups is 2. The average Bonchev–Trinajstić information content (AvgIpc) is 2.66. The van der Waals surface area contributed by atoms with Crippen LogP contribution in [0, 0.1) is 0 Å². The molecule has 2 aromatic rings. The molecule has 2 amide bonds. The van der Waals surface area contributed by atoms with E-state index in [-0.39, 0.29) is 25.0 Å². The van der Waals surface area contributed by atoms with E-state index < -0.39 is 6.04 Å². The first-order chi connectivity index (χ1) is 13.7. The fourth-order valence-corrected chi connectivity index (χ4v) is 3.89. The minimum Gasteiger partial charge on any atom is -0.483 e. The van der Waals surface area contributed by atoms with Gasteiger partial charge in [-0.2, -0.15) is 0 Å². The highest BCUT2D eigenvalue weighted by Crippen LogP contribution is 2.29. The van der Waals surface area contributed by atoms with E-state index in [4.69, 9.17) is 39.5 Å². The summed E-state index contributed by atoms with van der Waals surface area (Å²) in [7, 11) is 0. The Hall–Kier alpha value is -1.47. The molecule has 2 aromatic carbocycles. The van der Waals surface area contributed by atoms with Crippen molar-refractivity contribution in [1.82, 2.24) is 10.2 Å². The Labute approximate surface area is 193 Å². The van der Waals surface area contributed by atoms with Crippen LogP contribution < -0.4 is 10.1 Å². The third-order valence-corrected chi connectivity index (χ3v) is 5.72. The number of ether oxygens (including phenoxy) is 1. The molecule has 0 saturated carbocycles. The van der Waals surface area contributed by atoms with Gasteiger partial charge in [0.25, 0.3) is 5.91 Å². The van der Waals surface area contributed by atoms with Gasteiger partial charge in [-0.25, -0.2) is 0 Å². The fraction of sp³-hybridized carbons (Fsp3) is 0.300. The van der Waals surface area contributed by atoms with Gasteiger partial charge >= 0.3 is 0 Å². The Bertz CT molecular complexity index is 875. The number of likely N-dealkylation sites (N-methyl/N-ethyl adjacent to an activating group) is 1. The standard InChI is InChI=1S/C20H20BrCl3N2O3/c1-3-25-20(28)12(2)26(10-14-16(23)5-4-6-17(14)24)19(27)11-29-18-8-7-13(22)9-15(18)21/h4-9,12H,3,10-11H2,1-2H3,(H,25,28). The molecule has 29 heavy (non-hydrogen) atoms. The highest BCUT2D eigenvalue weighted by atomic mass is 79.9. The average molecular weight is 523 g/mol. The van der Waals surface area contributed by atoms with E-state index in [0.29, 0.717) is 37.4 Å². The highest BCUT2D eigenvalue weighted by molar-refractivity contribution is 9.10. The topological polar surface area (TPSA) is 58.6 Å². The van der Waals surface area contributed by atoms with E-state index in [1.807, 2.05) is 6.92 Å². The molecular weight excluding hydrogens is 502 g/mol. The lowest BCUT2D eigenvalue weighted by Crippen LogP contribution is -2.49. The van der Waals surface area contributed by atoms with Gasteiger partial charge in [0, 0.05) is 33.7 Å². The number of nitrogens with one attached hydrogen (secondary N) is 1. The molecule has 2 rings (SSSR count). The lowest BCUT2D eigenvalue weighted by molar-refractivity contribution is -0.142. The van der Waals surface area contributed by atoms with E-state index in [0.717, 1.165) is 0 Å². The van der Waals surface area contributed by atoms with Crippen molar-refractivity contribution in [3.8, 4) is 5.75 Å². The predicted octanol–water partition coefficient (Wildman–Crippen LogP) is 5.34. The van der Waals surface area contributed by atoms with Gasteiger partial charge in [0.15, 0.2) is 6.61 Å². The van der Waals surface area contributed by atoms with E-state index in [9.17, 15) is 9.59 Å². The number of hydrogen-bond donors (Lipinski definition) is 1. The summed E-state index contributed by atoms with van der Waals surface area (Å²) in [6.45, 7) is 3.70. The first-order valence-electron chi connectivity index (χ1n) is 8.82. The molecule has 0 heterocycles. The van der Waals surface area contributed by atoms with Crippen molar-refractivity contribution in [3.05, 3.63) is 61.5 Å². The Balaban J connectivity index is 2.23. The van der Waals surface area contributed by atoms with E-state index in [1.54, 1.807) is 43.3 Å². The second kappa shape index (κ2) is 11.1. The molecule has 0 radical (unpaired) electrons. The molecule has 1 unspecified atom stereocenters. The van der Waals surface area contributed by atoms with Crippen LogP contribution in [0.1, 0.15) is 19.4 Å². The van der Waals surface area contributed by atoms with Crippen LogP contribution in [0.15, 0.2) is 40.9 Å². The van der Waals surface area contributed by atoms with E-state index in [1.165, 1.54) is 4.90 Å². The third kappa shape index (κ3) is 6.51. The molecule has 0 saturated heterocycles. The van der Waals surface area contributed by atoms with E-state index in [2.05, 4.69) is 21.2 Å². The Morgan fingerprint density at radius 1 is 1.17 bits per heavy atom. The van der Waals surface area contributed by atoms with Crippen LogP contribution in [0.4, 0.5) is 0 Å². The number of rotatable bonds is 8. The number of benzene rings is 2. The smallest absolute Gasteiger partial charge is 0.261 e. The zero-order valence-electron chi connectivity index (χ0n) is 15.8. The highest BCUT2D eigenvalue weighted by Gasteiger charge is 2.27. The minimum atomic E-state index is -0.743. The molecule has 0 aliphatic rings. The van der Waals surface area contributed by atoms with Gasteiger partial charge in [-0.1, -0.05) is 40.9 Å². The predicted molar refractivity (Wildman–Crippen MR) is 120 cm³/mol. The Kier molecular flexibility index (Phi) is 9.08. The molecule has 5 nitrogen and oxygen atoms in total. The first-order valence-corrected chi connectivity index (χ1v) is 10.7. The molecule has 0 spiro atoms. The number of hydrogen-bond acceptors (Lipinski definition) is 3. The van der Waals surface area contributed by atoms with Crippen LogP contribution >= 0.6 is 50.7 Å². The lowest BCUT2D eigenvalue weighted by atomic mass is 10.1. The van der Waals surface area contributed by atoms with Crippen molar-refractivity contribution in [1.29, 1.82) is 0 Å². The summed E-state index contributed by atoms with van der Waals surface area (Å²) in [5.41, 5.74) is 0.563. The van der Waals surface area contributed by atoms with Crippen LogP contribution in [-0.2, 0) is 16.1 Å². The largest absolute Gasteiger partial charge is 0.483 e. The zero-order valence-corrected chi connectivity index (χ0v) is 19.7. The number of nitrogens with zero attached hydrogens (tertiary/aromatic N) is 1. The molecule has 9 heteroatoms. The molecule has 1 N–H and O–H groups in total. The monoisotopic (exact) mass is 520 g/mol. The molecule has 0 bridgehead atoms. The Morgan fingerprint density at radius 3 is 2.41 bits per heavy atom. The second-order valence-electron chi connectivity index (χ2n) is 6.16. The SMILES string of the molecule is CCNC(=O)C(C)N(Cc1c(Cl)cccc1Cl)C(=O)COc1ccc(Cl)cc1Br. The molecule has 1 atom stereocenters. The molecule has 0 aromatic heterocycles. The van der Waals surface area contributed by atoms with Gasteiger partial charge in [-0.15, -0.1) is 0 Å². The maximum atomic E-state index is 13.0. The summed E-state index contributed by atoms with van der Waals surface area (Å²) in [6, 6.07) is 9.32. The summed E-state index contributed by atoms with van der Waals surface area (Å²) in [6.07, 6.45) is 0. The van der Waals surface area contributed by atoms with Gasteiger partial charge in [-0.3, -0.25) is 9.59 Å². The maximum absolute atomic E-state index is 13.0. The van der Waals surface area contributed by atoms with Gasteiger partial charge in [0.1, 0.15) is 11.8 Å². The number of carbonyl (C=O) groups excluding carboxylic acids is 2. The molecular formula is C20H20BrCl3N2O3. The van der Waals surface area contributed by atoms with Crippen LogP contribution in [-0.4, -0.2) is 35.9 Å². The lowest BCUT2D eigenvalue weighted by Gasteiger charge is -2.29. The second-order valence-corrected chi connectivity index (χ2v) is 8.26. The maximum Gasteiger partial charge on any atom is 0.261 e. The minimum absolute atomic E-state index is 0.0702. The quantitative estimate of drug-likeness (QED) is 0.509. The molecule has 0 fully saturated rings. The van der Waals surface area contributed by atoms with E-state index >= 15 is 0 Å². The summed E-state index contributed by atoms with van der Waals surface area (Å²) in [4.78, 5) is 26.7. The summed E-state index contributed by atoms with van der Waals surface area (Å²) < 4.78 is 6.25. The van der Waals surface area contributed by atoms with Crippen molar-refractivity contribution in [2.75, 3.05) is 13.2 Å². The van der Waals surface area contributed by atoms with Crippen molar-refractivity contribution in [3.63, 3.8) is 0 Å². The third-order valence-electron chi connectivity index (χ3n) is 4.15. The van der Waals surface area contributed by atoms with Crippen LogP contribution in [0.2, 0.25) is 15.1 Å². The molecule has 0 aliphatic carbocycles. The van der Waals surface area contributed by atoms with Crippen molar-refractivity contribution in [2.24, 2.45) is 0 Å². The van der Waals surface area contributed by atoms with Crippen molar-refractivity contribution in [2.45, 2.75) is 26.4 Å². The normalized spacial score (nSPS) is 11.7. The van der Waals surface area contributed by atoms with Crippen LogP contribution in [0.25, 0.3) is 0 Å². The van der Waals surface area contributed by atoms with Gasteiger partial charge in [0.2, 0.25) is 5.91 Å². The van der Waals surface area contributed by atoms with Crippen LogP contribution in [0.3, 0.4) is 0 Å². The number of halogens is 4. The number of amides is 2. The molecule has 0 aliphatic heterocycles. The summed E-state index contributed by atoms with van der Waals surface area (Å²) in [5, 5.41) is 4.09.